The van der Waals surface area contributed by atoms with E-state index >= 15 is 0 Å². The fourth-order valence-electron chi connectivity index (χ4n) is 4.05. The molecule has 0 spiro atoms. The van der Waals surface area contributed by atoms with Gasteiger partial charge in [0, 0.05) is 6.42 Å². The number of carbonyl (C=O) groups is 4. The topological polar surface area (TPSA) is 191 Å². The molecule has 0 aliphatic carbocycles. The zero-order valence-corrected chi connectivity index (χ0v) is 23.3. The Balaban J connectivity index is 2.23. The van der Waals surface area contributed by atoms with Crippen LogP contribution in [0.3, 0.4) is 0 Å². The van der Waals surface area contributed by atoms with Crippen molar-refractivity contribution >= 4 is 23.7 Å². The van der Waals surface area contributed by atoms with E-state index in [1.807, 2.05) is 6.92 Å². The van der Waals surface area contributed by atoms with E-state index in [9.17, 15) is 34.5 Å². The van der Waals surface area contributed by atoms with Crippen LogP contribution >= 0.6 is 0 Å². The molecule has 5 atom stereocenters. The zero-order valence-electron chi connectivity index (χ0n) is 23.3. The number of amides is 3. The fourth-order valence-corrected chi connectivity index (χ4v) is 4.05. The molecule has 2 aromatic carbocycles. The van der Waals surface area contributed by atoms with Crippen LogP contribution in [0.15, 0.2) is 48.5 Å². The molecule has 0 saturated carbocycles. The van der Waals surface area contributed by atoms with Gasteiger partial charge in [-0.3, -0.25) is 14.4 Å². The zero-order chi connectivity index (χ0) is 30.0. The minimum Gasteiger partial charge on any atom is -0.508 e. The summed E-state index contributed by atoms with van der Waals surface area (Å²) in [6.45, 7) is 6.96. The predicted octanol–water partition coefficient (Wildman–Crippen LogP) is 1.45. The van der Waals surface area contributed by atoms with E-state index in [2.05, 4.69) is 16.0 Å². The molecule has 0 aliphatic heterocycles. The third-order valence-corrected chi connectivity index (χ3v) is 6.76. The number of carboxylic acid groups (broad SMARTS) is 1. The summed E-state index contributed by atoms with van der Waals surface area (Å²) in [5, 5.41) is 36.5. The first kappa shape index (κ1) is 32.1. The molecule has 3 amide bonds. The molecule has 0 aromatic heterocycles. The summed E-state index contributed by atoms with van der Waals surface area (Å²) in [5.41, 5.74) is 7.46. The first-order chi connectivity index (χ1) is 18.8. The van der Waals surface area contributed by atoms with E-state index in [4.69, 9.17) is 5.73 Å². The lowest BCUT2D eigenvalue weighted by Gasteiger charge is -2.28. The highest BCUT2D eigenvalue weighted by Crippen LogP contribution is 2.14. The van der Waals surface area contributed by atoms with Crippen molar-refractivity contribution < 1.29 is 34.5 Å². The number of nitrogens with two attached hydrogens (primary N) is 1. The van der Waals surface area contributed by atoms with Gasteiger partial charge in [0.05, 0.1) is 6.04 Å². The highest BCUT2D eigenvalue weighted by molar-refractivity contribution is 5.94. The fraction of sp³-hybridized carbons (Fsp3) is 0.448. The highest BCUT2D eigenvalue weighted by atomic mass is 16.4. The maximum atomic E-state index is 13.5. The Morgan fingerprint density at radius 2 is 1.20 bits per heavy atom. The molecular weight excluding hydrogens is 516 g/mol. The van der Waals surface area contributed by atoms with Gasteiger partial charge in [0.2, 0.25) is 17.7 Å². The second kappa shape index (κ2) is 14.9. The molecule has 0 bridgehead atoms. The minimum absolute atomic E-state index is 0.0375. The van der Waals surface area contributed by atoms with E-state index < -0.39 is 53.8 Å². The van der Waals surface area contributed by atoms with Crippen LogP contribution in [0.5, 0.6) is 11.5 Å². The van der Waals surface area contributed by atoms with Crippen LogP contribution in [0.25, 0.3) is 0 Å². The number of phenols is 2. The van der Waals surface area contributed by atoms with Gasteiger partial charge in [0.15, 0.2) is 0 Å². The van der Waals surface area contributed by atoms with E-state index in [0.717, 1.165) is 0 Å². The van der Waals surface area contributed by atoms with Crippen molar-refractivity contribution in [3.63, 3.8) is 0 Å². The lowest BCUT2D eigenvalue weighted by atomic mass is 9.97. The number of carbonyl (C=O) groups excluding carboxylic acids is 3. The minimum atomic E-state index is -1.17. The summed E-state index contributed by atoms with van der Waals surface area (Å²) in [7, 11) is 0. The van der Waals surface area contributed by atoms with Gasteiger partial charge < -0.3 is 37.0 Å². The summed E-state index contributed by atoms with van der Waals surface area (Å²) in [5.74, 6) is -3.67. The van der Waals surface area contributed by atoms with Gasteiger partial charge in [-0.25, -0.2) is 4.79 Å². The van der Waals surface area contributed by atoms with Gasteiger partial charge in [0.1, 0.15) is 29.6 Å². The van der Waals surface area contributed by atoms with Gasteiger partial charge in [-0.15, -0.1) is 0 Å². The molecule has 0 saturated heterocycles. The smallest absolute Gasteiger partial charge is 0.326 e. The molecule has 218 valence electrons. The second-order valence-corrected chi connectivity index (χ2v) is 10.3. The van der Waals surface area contributed by atoms with Crippen molar-refractivity contribution in [1.29, 1.82) is 0 Å². The van der Waals surface area contributed by atoms with Crippen molar-refractivity contribution in [3.05, 3.63) is 59.7 Å². The Kier molecular flexibility index (Phi) is 11.9. The van der Waals surface area contributed by atoms with Crippen LogP contribution in [0, 0.1) is 11.8 Å². The van der Waals surface area contributed by atoms with E-state index in [1.165, 1.54) is 24.3 Å². The Hall–Kier alpha value is -4.12. The van der Waals surface area contributed by atoms with Crippen LogP contribution in [0.4, 0.5) is 0 Å². The predicted molar refractivity (Wildman–Crippen MR) is 149 cm³/mol. The van der Waals surface area contributed by atoms with Crippen molar-refractivity contribution in [1.82, 2.24) is 16.0 Å². The van der Waals surface area contributed by atoms with Crippen LogP contribution in [0.2, 0.25) is 0 Å². The van der Waals surface area contributed by atoms with Gasteiger partial charge in [-0.1, -0.05) is 58.4 Å². The van der Waals surface area contributed by atoms with Gasteiger partial charge in [-0.2, -0.15) is 0 Å². The lowest BCUT2D eigenvalue weighted by Crippen LogP contribution is -2.59. The molecular formula is C29H40N4O7. The number of phenolic OH excluding ortho intramolecular Hbond substituents is 2. The van der Waals surface area contributed by atoms with Crippen molar-refractivity contribution in [2.24, 2.45) is 17.6 Å². The summed E-state index contributed by atoms with van der Waals surface area (Å²) in [6.07, 6.45) is 0.727. The second-order valence-electron chi connectivity index (χ2n) is 10.3. The Bertz CT molecular complexity index is 1150. The molecule has 2 rings (SSSR count). The average Bonchev–Trinajstić information content (AvgIpc) is 2.91. The van der Waals surface area contributed by atoms with E-state index in [0.29, 0.717) is 17.5 Å². The number of aliphatic carboxylic acids is 1. The quantitative estimate of drug-likeness (QED) is 0.182. The van der Waals surface area contributed by atoms with Crippen molar-refractivity contribution in [2.45, 2.75) is 71.1 Å². The molecule has 11 nitrogen and oxygen atoms in total. The largest absolute Gasteiger partial charge is 0.508 e. The monoisotopic (exact) mass is 556 g/mol. The Morgan fingerprint density at radius 1 is 0.725 bits per heavy atom. The summed E-state index contributed by atoms with van der Waals surface area (Å²) < 4.78 is 0. The highest BCUT2D eigenvalue weighted by Gasteiger charge is 2.33. The number of benzene rings is 2. The number of hydrogen-bond donors (Lipinski definition) is 7. The SMILES string of the molecule is CCC(C)C(NC(=O)C(NC(=O)C(Cc1ccc(O)cc1)NC(=O)C(N)Cc1ccc(O)cc1)C(C)C)C(=O)O. The molecule has 0 aliphatic rings. The average molecular weight is 557 g/mol. The maximum Gasteiger partial charge on any atom is 0.326 e. The maximum absolute atomic E-state index is 13.5. The Labute approximate surface area is 234 Å². The summed E-state index contributed by atoms with van der Waals surface area (Å²) in [6, 6.07) is 8.03. The molecule has 5 unspecified atom stereocenters. The standard InChI is InChI=1S/C29H40N4O7/c1-5-17(4)25(29(39)40)33-28(38)24(16(2)3)32-27(37)23(15-19-8-12-21(35)13-9-19)31-26(36)22(30)14-18-6-10-20(34)11-7-18/h6-13,16-17,22-25,34-35H,5,14-15,30H2,1-4H3,(H,31,36)(H,32,37)(H,33,38)(H,39,40). The van der Waals surface area contributed by atoms with E-state index in [-0.39, 0.29) is 30.3 Å². The first-order valence-corrected chi connectivity index (χ1v) is 13.3. The van der Waals surface area contributed by atoms with Crippen LogP contribution in [-0.2, 0) is 32.0 Å². The molecule has 11 heteroatoms. The lowest BCUT2D eigenvalue weighted by molar-refractivity contribution is -0.144. The van der Waals surface area contributed by atoms with Gasteiger partial charge in [-0.05, 0) is 53.6 Å². The molecule has 40 heavy (non-hydrogen) atoms. The van der Waals surface area contributed by atoms with E-state index in [1.54, 1.807) is 45.0 Å². The number of rotatable bonds is 14. The number of hydrogen-bond acceptors (Lipinski definition) is 7. The van der Waals surface area contributed by atoms with Crippen LogP contribution in [-0.4, -0.2) is 63.2 Å². The summed E-state index contributed by atoms with van der Waals surface area (Å²) >= 11 is 0. The number of aromatic hydroxyl groups is 2. The third kappa shape index (κ3) is 9.57. The normalized spacial score (nSPS) is 14.8. The number of nitrogens with one attached hydrogen (secondary N) is 3. The summed E-state index contributed by atoms with van der Waals surface area (Å²) in [4.78, 5) is 51.3. The molecule has 0 fully saturated rings. The third-order valence-electron chi connectivity index (χ3n) is 6.76. The van der Waals surface area contributed by atoms with Crippen molar-refractivity contribution in [3.8, 4) is 11.5 Å². The van der Waals surface area contributed by atoms with Gasteiger partial charge >= 0.3 is 5.97 Å². The molecule has 2 aromatic rings. The molecule has 0 heterocycles. The molecule has 8 N–H and O–H groups in total. The van der Waals surface area contributed by atoms with Crippen LogP contribution in [0.1, 0.15) is 45.2 Å². The number of carboxylic acids is 1. The Morgan fingerprint density at radius 3 is 1.65 bits per heavy atom. The van der Waals surface area contributed by atoms with Crippen LogP contribution < -0.4 is 21.7 Å². The van der Waals surface area contributed by atoms with Gasteiger partial charge in [0.25, 0.3) is 0 Å². The van der Waals surface area contributed by atoms with Crippen molar-refractivity contribution in [2.75, 3.05) is 0 Å². The first-order valence-electron chi connectivity index (χ1n) is 13.3. The molecule has 0 radical (unpaired) electrons.